The fraction of sp³-hybridized carbons (Fsp3) is 0.250. The van der Waals surface area contributed by atoms with E-state index in [1.165, 1.54) is 25.6 Å². The summed E-state index contributed by atoms with van der Waals surface area (Å²) in [5.41, 5.74) is 2.27. The fourth-order valence-electron chi connectivity index (χ4n) is 3.54. The Morgan fingerprint density at radius 3 is 2.79 bits per heavy atom. The Morgan fingerprint density at radius 1 is 1.15 bits per heavy atom. The van der Waals surface area contributed by atoms with Crippen molar-refractivity contribution in [3.63, 3.8) is 0 Å². The summed E-state index contributed by atoms with van der Waals surface area (Å²) >= 11 is 0. The van der Waals surface area contributed by atoms with Crippen LogP contribution in [-0.2, 0) is 6.42 Å². The summed E-state index contributed by atoms with van der Waals surface area (Å²) in [6.07, 6.45) is 2.96. The molecule has 0 saturated carbocycles. The van der Waals surface area contributed by atoms with E-state index in [4.69, 9.17) is 14.5 Å². The SMILES string of the molecule is CCOc1cc(-c2ccc(F)cc2OC)nc2cc(C(=O)NCCCc3nnc[nH]3)ccc12. The summed E-state index contributed by atoms with van der Waals surface area (Å²) in [6, 6.07) is 11.4. The lowest BCUT2D eigenvalue weighted by molar-refractivity contribution is 0.0953. The molecule has 0 unspecified atom stereocenters. The number of carbonyl (C=O) groups excluding carboxylic acids is 1. The smallest absolute Gasteiger partial charge is 0.251 e. The summed E-state index contributed by atoms with van der Waals surface area (Å²) in [6.45, 7) is 2.86. The number of pyridine rings is 1. The van der Waals surface area contributed by atoms with Crippen LogP contribution in [0.15, 0.2) is 48.8 Å². The van der Waals surface area contributed by atoms with Crippen molar-refractivity contribution in [3.05, 3.63) is 66.0 Å². The minimum absolute atomic E-state index is 0.195. The predicted molar refractivity (Wildman–Crippen MR) is 122 cm³/mol. The molecule has 0 bridgehead atoms. The van der Waals surface area contributed by atoms with Crippen LogP contribution in [0.3, 0.4) is 0 Å². The first-order valence-corrected chi connectivity index (χ1v) is 10.6. The number of nitrogens with zero attached hydrogens (tertiary/aromatic N) is 3. The average Bonchev–Trinajstić information content (AvgIpc) is 3.35. The van der Waals surface area contributed by atoms with Crippen LogP contribution in [0.5, 0.6) is 11.5 Å². The van der Waals surface area contributed by atoms with Gasteiger partial charge in [-0.1, -0.05) is 0 Å². The number of methoxy groups -OCH3 is 1. The molecule has 170 valence electrons. The minimum atomic E-state index is -0.399. The van der Waals surface area contributed by atoms with E-state index in [2.05, 4.69) is 20.5 Å². The van der Waals surface area contributed by atoms with Crippen LogP contribution in [-0.4, -0.2) is 46.3 Å². The van der Waals surface area contributed by atoms with Crippen LogP contribution < -0.4 is 14.8 Å². The average molecular weight is 449 g/mol. The van der Waals surface area contributed by atoms with Crippen LogP contribution in [0.25, 0.3) is 22.2 Å². The molecule has 4 aromatic rings. The van der Waals surface area contributed by atoms with E-state index < -0.39 is 5.82 Å². The van der Waals surface area contributed by atoms with Crippen LogP contribution >= 0.6 is 0 Å². The van der Waals surface area contributed by atoms with Crippen molar-refractivity contribution in [1.82, 2.24) is 25.5 Å². The largest absolute Gasteiger partial charge is 0.496 e. The molecule has 2 N–H and O–H groups in total. The third kappa shape index (κ3) is 5.08. The van der Waals surface area contributed by atoms with Gasteiger partial charge in [0.05, 0.1) is 24.9 Å². The lowest BCUT2D eigenvalue weighted by Gasteiger charge is -2.13. The van der Waals surface area contributed by atoms with Gasteiger partial charge in [-0.15, -0.1) is 10.2 Å². The van der Waals surface area contributed by atoms with E-state index in [9.17, 15) is 9.18 Å². The molecule has 0 aliphatic rings. The van der Waals surface area contributed by atoms with E-state index in [0.29, 0.717) is 53.4 Å². The highest BCUT2D eigenvalue weighted by Crippen LogP contribution is 2.35. The zero-order valence-electron chi connectivity index (χ0n) is 18.4. The van der Waals surface area contributed by atoms with Gasteiger partial charge in [0.25, 0.3) is 5.91 Å². The van der Waals surface area contributed by atoms with E-state index in [0.717, 1.165) is 17.6 Å². The van der Waals surface area contributed by atoms with Gasteiger partial charge in [-0.3, -0.25) is 4.79 Å². The number of fused-ring (bicyclic) bond motifs is 1. The Balaban J connectivity index is 1.61. The molecule has 9 heteroatoms. The minimum Gasteiger partial charge on any atom is -0.496 e. The Bertz CT molecular complexity index is 1260. The Labute approximate surface area is 190 Å². The van der Waals surface area contributed by atoms with Crippen LogP contribution in [0.4, 0.5) is 4.39 Å². The molecule has 0 saturated heterocycles. The van der Waals surface area contributed by atoms with E-state index >= 15 is 0 Å². The van der Waals surface area contributed by atoms with Gasteiger partial charge in [0.1, 0.15) is 29.5 Å². The molecule has 4 rings (SSSR count). The van der Waals surface area contributed by atoms with Gasteiger partial charge >= 0.3 is 0 Å². The van der Waals surface area contributed by atoms with Crippen molar-refractivity contribution < 1.29 is 18.7 Å². The van der Waals surface area contributed by atoms with Gasteiger partial charge in [-0.25, -0.2) is 9.37 Å². The Morgan fingerprint density at radius 2 is 2.03 bits per heavy atom. The van der Waals surface area contributed by atoms with Gasteiger partial charge in [0, 0.05) is 41.6 Å². The third-order valence-corrected chi connectivity index (χ3v) is 5.12. The molecule has 0 spiro atoms. The molecule has 1 amide bonds. The highest BCUT2D eigenvalue weighted by atomic mass is 19.1. The van der Waals surface area contributed by atoms with Crippen molar-refractivity contribution in [2.75, 3.05) is 20.3 Å². The maximum absolute atomic E-state index is 13.7. The van der Waals surface area contributed by atoms with E-state index in [1.807, 2.05) is 13.0 Å². The number of nitrogens with one attached hydrogen (secondary N) is 2. The zero-order chi connectivity index (χ0) is 23.2. The second-order valence-electron chi connectivity index (χ2n) is 7.31. The van der Waals surface area contributed by atoms with Gasteiger partial charge in [-0.2, -0.15) is 0 Å². The number of aromatic amines is 1. The molecule has 0 fully saturated rings. The first-order valence-electron chi connectivity index (χ1n) is 10.6. The molecule has 0 atom stereocenters. The van der Waals surface area contributed by atoms with E-state index in [-0.39, 0.29) is 5.91 Å². The number of benzene rings is 2. The summed E-state index contributed by atoms with van der Waals surface area (Å²) in [7, 11) is 1.48. The monoisotopic (exact) mass is 449 g/mol. The summed E-state index contributed by atoms with van der Waals surface area (Å²) in [4.78, 5) is 20.3. The molecule has 0 radical (unpaired) electrons. The molecule has 2 heterocycles. The maximum atomic E-state index is 13.7. The fourth-order valence-corrected chi connectivity index (χ4v) is 3.54. The van der Waals surface area contributed by atoms with Crippen molar-refractivity contribution in [1.29, 1.82) is 0 Å². The number of ether oxygens (including phenoxy) is 2. The lowest BCUT2D eigenvalue weighted by Crippen LogP contribution is -2.24. The summed E-state index contributed by atoms with van der Waals surface area (Å²) in [5.74, 6) is 1.18. The van der Waals surface area contributed by atoms with E-state index in [1.54, 1.807) is 24.3 Å². The van der Waals surface area contributed by atoms with Gasteiger partial charge in [0.2, 0.25) is 0 Å². The number of aryl methyl sites for hydroxylation is 1. The lowest BCUT2D eigenvalue weighted by atomic mass is 10.1. The molecular weight excluding hydrogens is 425 g/mol. The number of halogens is 1. The highest BCUT2D eigenvalue weighted by molar-refractivity contribution is 5.99. The van der Waals surface area contributed by atoms with Gasteiger partial charge in [-0.05, 0) is 43.7 Å². The standard InChI is InChI=1S/C24H24FN5O3/c1-3-33-22-13-20(17-9-7-16(25)12-21(17)32-2)29-19-11-15(6-8-18(19)22)24(31)26-10-4-5-23-27-14-28-30-23/h6-9,11-14H,3-5,10H2,1-2H3,(H,26,31)(H,27,28,30). The van der Waals surface area contributed by atoms with Crippen molar-refractivity contribution in [3.8, 4) is 22.8 Å². The number of amides is 1. The number of carbonyl (C=O) groups is 1. The zero-order valence-corrected chi connectivity index (χ0v) is 18.4. The molecule has 2 aromatic carbocycles. The topological polar surface area (TPSA) is 102 Å². The number of H-pyrrole nitrogens is 1. The number of hydrogen-bond donors (Lipinski definition) is 2. The Hall–Kier alpha value is -4.01. The molecule has 0 aliphatic carbocycles. The number of rotatable bonds is 9. The molecule has 2 aromatic heterocycles. The second kappa shape index (κ2) is 10.1. The Kier molecular flexibility index (Phi) is 6.77. The van der Waals surface area contributed by atoms with Crippen molar-refractivity contribution in [2.45, 2.75) is 19.8 Å². The number of aromatic nitrogens is 4. The van der Waals surface area contributed by atoms with Crippen LogP contribution in [0, 0.1) is 5.82 Å². The van der Waals surface area contributed by atoms with Crippen molar-refractivity contribution in [2.24, 2.45) is 0 Å². The highest BCUT2D eigenvalue weighted by Gasteiger charge is 2.15. The summed E-state index contributed by atoms with van der Waals surface area (Å²) < 4.78 is 24.8. The van der Waals surface area contributed by atoms with Gasteiger partial charge < -0.3 is 19.8 Å². The molecular formula is C24H24FN5O3. The molecule has 33 heavy (non-hydrogen) atoms. The first-order chi connectivity index (χ1) is 16.1. The molecule has 8 nitrogen and oxygen atoms in total. The van der Waals surface area contributed by atoms with Crippen LogP contribution in [0.1, 0.15) is 29.5 Å². The van der Waals surface area contributed by atoms with Crippen molar-refractivity contribution >= 4 is 16.8 Å². The normalized spacial score (nSPS) is 10.9. The number of hydrogen-bond acceptors (Lipinski definition) is 6. The van der Waals surface area contributed by atoms with Crippen LogP contribution in [0.2, 0.25) is 0 Å². The first kappa shape index (κ1) is 22.2. The quantitative estimate of drug-likeness (QED) is 0.376. The maximum Gasteiger partial charge on any atom is 0.251 e. The second-order valence-corrected chi connectivity index (χ2v) is 7.31. The molecule has 0 aliphatic heterocycles. The predicted octanol–water partition coefficient (Wildman–Crippen LogP) is 3.93. The third-order valence-electron chi connectivity index (χ3n) is 5.12. The summed E-state index contributed by atoms with van der Waals surface area (Å²) in [5, 5.41) is 11.4. The van der Waals surface area contributed by atoms with Gasteiger partial charge in [0.15, 0.2) is 0 Å².